The minimum Gasteiger partial charge on any atom is -0.321 e. The molecule has 1 aromatic heterocycles. The first-order valence-electron chi connectivity index (χ1n) is 6.83. The van der Waals surface area contributed by atoms with Crippen LogP contribution in [0.4, 0.5) is 4.79 Å². The Hall–Kier alpha value is -2.24. The predicted molar refractivity (Wildman–Crippen MR) is 73.0 cm³/mol. The normalized spacial score (nSPS) is 21.7. The van der Waals surface area contributed by atoms with Crippen molar-refractivity contribution in [3.8, 4) is 0 Å². The average Bonchev–Trinajstić information content (AvgIpc) is 2.70. The van der Waals surface area contributed by atoms with Gasteiger partial charge in [0.15, 0.2) is 0 Å². The number of pyridine rings is 1. The van der Waals surface area contributed by atoms with E-state index in [-0.39, 0.29) is 5.91 Å². The molecule has 0 atom stereocenters. The van der Waals surface area contributed by atoms with Crippen LogP contribution in [0.15, 0.2) is 29.5 Å². The van der Waals surface area contributed by atoms with Crippen LogP contribution in [0, 0.1) is 0 Å². The van der Waals surface area contributed by atoms with Crippen molar-refractivity contribution < 1.29 is 9.59 Å². The lowest BCUT2D eigenvalue weighted by atomic mass is 9.82. The summed E-state index contributed by atoms with van der Waals surface area (Å²) in [6.45, 7) is 0. The summed E-state index contributed by atoms with van der Waals surface area (Å²) in [5.74, 6) is -0.241. The second-order valence-corrected chi connectivity index (χ2v) is 5.19. The number of carbonyl (C=O) groups is 2. The van der Waals surface area contributed by atoms with Gasteiger partial charge in [-0.25, -0.2) is 4.79 Å². The van der Waals surface area contributed by atoms with Crippen LogP contribution in [0.2, 0.25) is 0 Å². The van der Waals surface area contributed by atoms with Crippen LogP contribution >= 0.6 is 0 Å². The predicted octanol–water partition coefficient (Wildman–Crippen LogP) is 1.67. The summed E-state index contributed by atoms with van der Waals surface area (Å²) in [6, 6.07) is 4.94. The third-order valence-corrected chi connectivity index (χ3v) is 3.84. The highest BCUT2D eigenvalue weighted by Crippen LogP contribution is 2.33. The Balaban J connectivity index is 1.79. The van der Waals surface area contributed by atoms with Crippen LogP contribution in [-0.4, -0.2) is 33.7 Å². The molecule has 1 N–H and O–H groups in total. The zero-order valence-electron chi connectivity index (χ0n) is 11.1. The first-order chi connectivity index (χ1) is 9.71. The third kappa shape index (κ3) is 2.17. The van der Waals surface area contributed by atoms with Crippen LogP contribution in [0.1, 0.15) is 37.8 Å². The first kappa shape index (κ1) is 12.8. The Kier molecular flexibility index (Phi) is 3.22. The molecule has 0 bridgehead atoms. The molecular formula is C14H16N4O2. The van der Waals surface area contributed by atoms with E-state index >= 15 is 0 Å². The van der Waals surface area contributed by atoms with Gasteiger partial charge in [-0.2, -0.15) is 5.10 Å². The Morgan fingerprint density at radius 3 is 2.75 bits per heavy atom. The summed E-state index contributed by atoms with van der Waals surface area (Å²) in [6.07, 6.45) is 7.51. The first-order valence-corrected chi connectivity index (χ1v) is 6.83. The van der Waals surface area contributed by atoms with Gasteiger partial charge in [0.1, 0.15) is 5.54 Å². The molecule has 6 nitrogen and oxygen atoms in total. The fraction of sp³-hybridized carbons (Fsp3) is 0.429. The number of carbonyl (C=O) groups excluding carboxylic acids is 2. The Bertz CT molecular complexity index is 550. The number of hydrogen-bond donors (Lipinski definition) is 1. The summed E-state index contributed by atoms with van der Waals surface area (Å²) in [4.78, 5) is 28.4. The van der Waals surface area contributed by atoms with Crippen molar-refractivity contribution in [2.75, 3.05) is 0 Å². The summed E-state index contributed by atoms with van der Waals surface area (Å²) in [5.41, 5.74) is -0.116. The monoisotopic (exact) mass is 272 g/mol. The summed E-state index contributed by atoms with van der Waals surface area (Å²) in [7, 11) is 0. The van der Waals surface area contributed by atoms with Gasteiger partial charge < -0.3 is 5.32 Å². The SMILES string of the molecule is O=C1NC2(CCCCC2)C(=O)N1N=Cc1ccccn1. The molecule has 1 aliphatic carbocycles. The summed E-state index contributed by atoms with van der Waals surface area (Å²) >= 11 is 0. The van der Waals surface area contributed by atoms with E-state index in [0.29, 0.717) is 18.5 Å². The van der Waals surface area contributed by atoms with Gasteiger partial charge >= 0.3 is 6.03 Å². The van der Waals surface area contributed by atoms with Gasteiger partial charge in [0, 0.05) is 6.20 Å². The van der Waals surface area contributed by atoms with Crippen LogP contribution in [0.3, 0.4) is 0 Å². The van der Waals surface area contributed by atoms with Gasteiger partial charge in [-0.05, 0) is 25.0 Å². The lowest BCUT2D eigenvalue weighted by Crippen LogP contribution is -2.48. The third-order valence-electron chi connectivity index (χ3n) is 3.84. The minimum atomic E-state index is -0.725. The van der Waals surface area contributed by atoms with Crippen LogP contribution in [0.5, 0.6) is 0 Å². The molecule has 20 heavy (non-hydrogen) atoms. The van der Waals surface area contributed by atoms with Gasteiger partial charge in [-0.3, -0.25) is 9.78 Å². The molecule has 0 aromatic carbocycles. The van der Waals surface area contributed by atoms with E-state index in [0.717, 1.165) is 24.3 Å². The highest BCUT2D eigenvalue weighted by atomic mass is 16.2. The van der Waals surface area contributed by atoms with Crippen molar-refractivity contribution in [2.24, 2.45) is 5.10 Å². The molecule has 3 rings (SSSR count). The largest absolute Gasteiger partial charge is 0.346 e. The number of hydrogen-bond acceptors (Lipinski definition) is 4. The molecule has 1 aliphatic heterocycles. The van der Waals surface area contributed by atoms with Crippen molar-refractivity contribution in [3.05, 3.63) is 30.1 Å². The summed E-state index contributed by atoms with van der Waals surface area (Å²) in [5, 5.41) is 7.73. The number of nitrogens with zero attached hydrogens (tertiary/aromatic N) is 3. The molecule has 0 unspecified atom stereocenters. The molecule has 104 valence electrons. The zero-order chi connectivity index (χ0) is 14.0. The van der Waals surface area contributed by atoms with E-state index in [9.17, 15) is 9.59 Å². The number of imide groups is 1. The number of nitrogens with one attached hydrogen (secondary N) is 1. The van der Waals surface area contributed by atoms with E-state index < -0.39 is 11.6 Å². The van der Waals surface area contributed by atoms with Gasteiger partial charge in [0.05, 0.1) is 11.9 Å². The number of hydrazone groups is 1. The maximum absolute atomic E-state index is 12.4. The molecular weight excluding hydrogens is 256 g/mol. The van der Waals surface area contributed by atoms with Crippen molar-refractivity contribution in [2.45, 2.75) is 37.6 Å². The number of urea groups is 1. The fourth-order valence-corrected chi connectivity index (χ4v) is 2.77. The second kappa shape index (κ2) is 5.03. The van der Waals surface area contributed by atoms with E-state index in [1.54, 1.807) is 18.3 Å². The smallest absolute Gasteiger partial charge is 0.321 e. The molecule has 2 fully saturated rings. The Morgan fingerprint density at radius 2 is 2.05 bits per heavy atom. The molecule has 1 saturated heterocycles. The zero-order valence-corrected chi connectivity index (χ0v) is 11.1. The standard InChI is InChI=1S/C14H16N4O2/c19-12-14(7-3-1-4-8-14)17-13(20)18(12)16-10-11-6-2-5-9-15-11/h2,5-6,9-10H,1,3-4,7-8H2,(H,17,20). The van der Waals surface area contributed by atoms with Crippen molar-refractivity contribution >= 4 is 18.2 Å². The lowest BCUT2D eigenvalue weighted by Gasteiger charge is -2.29. The van der Waals surface area contributed by atoms with Crippen molar-refractivity contribution in [1.29, 1.82) is 0 Å². The fourth-order valence-electron chi connectivity index (χ4n) is 2.77. The van der Waals surface area contributed by atoms with Gasteiger partial charge in [0.2, 0.25) is 0 Å². The lowest BCUT2D eigenvalue weighted by molar-refractivity contribution is -0.132. The highest BCUT2D eigenvalue weighted by molar-refractivity contribution is 6.07. The topological polar surface area (TPSA) is 74.7 Å². The molecule has 1 aromatic rings. The maximum Gasteiger partial charge on any atom is 0.346 e. The molecule has 3 amide bonds. The molecule has 1 saturated carbocycles. The van der Waals surface area contributed by atoms with Gasteiger partial charge in [-0.1, -0.05) is 25.3 Å². The van der Waals surface area contributed by atoms with Crippen molar-refractivity contribution in [1.82, 2.24) is 15.3 Å². The molecule has 2 aliphatic rings. The molecule has 0 radical (unpaired) electrons. The second-order valence-electron chi connectivity index (χ2n) is 5.19. The highest BCUT2D eigenvalue weighted by Gasteiger charge is 2.51. The Labute approximate surface area is 116 Å². The minimum absolute atomic E-state index is 0.241. The summed E-state index contributed by atoms with van der Waals surface area (Å²) < 4.78 is 0. The number of aromatic nitrogens is 1. The van der Waals surface area contributed by atoms with E-state index in [1.807, 2.05) is 6.07 Å². The Morgan fingerprint density at radius 1 is 1.25 bits per heavy atom. The van der Waals surface area contributed by atoms with E-state index in [1.165, 1.54) is 6.21 Å². The van der Waals surface area contributed by atoms with Gasteiger partial charge in [-0.15, -0.1) is 5.01 Å². The van der Waals surface area contributed by atoms with Crippen LogP contribution < -0.4 is 5.32 Å². The van der Waals surface area contributed by atoms with Crippen LogP contribution in [-0.2, 0) is 4.79 Å². The molecule has 6 heteroatoms. The van der Waals surface area contributed by atoms with Gasteiger partial charge in [0.25, 0.3) is 5.91 Å². The molecule has 2 heterocycles. The average molecular weight is 272 g/mol. The van der Waals surface area contributed by atoms with E-state index in [4.69, 9.17) is 0 Å². The van der Waals surface area contributed by atoms with E-state index in [2.05, 4.69) is 15.4 Å². The quantitative estimate of drug-likeness (QED) is 0.657. The van der Waals surface area contributed by atoms with Crippen molar-refractivity contribution in [3.63, 3.8) is 0 Å². The number of rotatable bonds is 2. The van der Waals surface area contributed by atoms with Crippen LogP contribution in [0.25, 0.3) is 0 Å². The maximum atomic E-state index is 12.4. The molecule has 1 spiro atoms. The number of amides is 3.